The minimum atomic E-state index is -1.08. The van der Waals surface area contributed by atoms with E-state index in [0.29, 0.717) is 22.4 Å². The molecular formula is C33H27ClF2N6O5. The summed E-state index contributed by atoms with van der Waals surface area (Å²) < 4.78 is 33.0. The van der Waals surface area contributed by atoms with Gasteiger partial charge in [-0.2, -0.15) is 5.10 Å². The summed E-state index contributed by atoms with van der Waals surface area (Å²) in [6.45, 7) is 3.28. The summed E-state index contributed by atoms with van der Waals surface area (Å²) in [5.41, 5.74) is 1.76. The summed E-state index contributed by atoms with van der Waals surface area (Å²) in [4.78, 5) is 56.6. The summed E-state index contributed by atoms with van der Waals surface area (Å²) >= 11 is 6.20. The second kappa shape index (κ2) is 13.7. The maximum absolute atomic E-state index is 13.7. The number of aryl methyl sites for hydroxylation is 1. The fourth-order valence-corrected chi connectivity index (χ4v) is 4.91. The number of carbonyl (C=O) groups is 4. The Bertz CT molecular complexity index is 2050. The largest absolute Gasteiger partial charge is 0.465 e. The van der Waals surface area contributed by atoms with Gasteiger partial charge in [-0.05, 0) is 60.9 Å². The molecule has 0 fully saturated rings. The summed E-state index contributed by atoms with van der Waals surface area (Å²) in [6.07, 6.45) is 1.20. The van der Waals surface area contributed by atoms with Gasteiger partial charge in [-0.25, -0.2) is 23.1 Å². The number of para-hydroxylation sites is 1. The predicted octanol–water partition coefficient (Wildman–Crippen LogP) is 5.43. The molecule has 240 valence electrons. The normalized spacial score (nSPS) is 11.5. The molecule has 2 heterocycles. The molecule has 0 spiro atoms. The average molecular weight is 661 g/mol. The SMILES string of the molecule is COC(=O)c1ccc([C@H](C)NC(=O)c2cc(C(=O)NCc3ccc(F)c(F)c3)nc3c(C(=O)Nc4ccccc4Cl)cnn23)cc1C. The molecule has 0 saturated carbocycles. The van der Waals surface area contributed by atoms with E-state index in [1.807, 2.05) is 0 Å². The van der Waals surface area contributed by atoms with Crippen molar-refractivity contribution in [1.29, 1.82) is 0 Å². The van der Waals surface area contributed by atoms with E-state index in [0.717, 1.165) is 16.6 Å². The molecular weight excluding hydrogens is 634 g/mol. The van der Waals surface area contributed by atoms with Gasteiger partial charge in [0.2, 0.25) is 0 Å². The van der Waals surface area contributed by atoms with Gasteiger partial charge in [-0.3, -0.25) is 14.4 Å². The molecule has 3 aromatic carbocycles. The second-order valence-corrected chi connectivity index (χ2v) is 10.9. The van der Waals surface area contributed by atoms with E-state index in [2.05, 4.69) is 26.0 Å². The van der Waals surface area contributed by atoms with Gasteiger partial charge in [-0.1, -0.05) is 41.9 Å². The van der Waals surface area contributed by atoms with Crippen LogP contribution in [0.5, 0.6) is 0 Å². The molecule has 3 amide bonds. The van der Waals surface area contributed by atoms with Gasteiger partial charge in [0, 0.05) is 12.6 Å². The van der Waals surface area contributed by atoms with E-state index in [1.54, 1.807) is 56.3 Å². The zero-order valence-corrected chi connectivity index (χ0v) is 26.0. The molecule has 0 bridgehead atoms. The molecule has 0 radical (unpaired) electrons. The monoisotopic (exact) mass is 660 g/mol. The van der Waals surface area contributed by atoms with Gasteiger partial charge in [0.15, 0.2) is 17.3 Å². The molecule has 14 heteroatoms. The van der Waals surface area contributed by atoms with Crippen LogP contribution in [0.2, 0.25) is 5.02 Å². The Balaban J connectivity index is 1.48. The highest BCUT2D eigenvalue weighted by Gasteiger charge is 2.24. The van der Waals surface area contributed by atoms with Crippen molar-refractivity contribution in [2.24, 2.45) is 0 Å². The number of methoxy groups -OCH3 is 1. The lowest BCUT2D eigenvalue weighted by Crippen LogP contribution is -2.30. The number of amides is 3. The number of hydrogen-bond acceptors (Lipinski definition) is 7. The summed E-state index contributed by atoms with van der Waals surface area (Å²) in [5, 5.41) is 12.6. The third kappa shape index (κ3) is 7.10. The fourth-order valence-electron chi connectivity index (χ4n) is 4.72. The van der Waals surface area contributed by atoms with Gasteiger partial charge in [0.1, 0.15) is 17.0 Å². The van der Waals surface area contributed by atoms with E-state index in [1.165, 1.54) is 25.4 Å². The van der Waals surface area contributed by atoms with Crippen molar-refractivity contribution in [2.75, 3.05) is 12.4 Å². The van der Waals surface area contributed by atoms with E-state index in [4.69, 9.17) is 16.3 Å². The molecule has 11 nitrogen and oxygen atoms in total. The number of carbonyl (C=O) groups excluding carboxylic acids is 4. The van der Waals surface area contributed by atoms with Crippen LogP contribution in [0, 0.1) is 18.6 Å². The van der Waals surface area contributed by atoms with E-state index in [-0.39, 0.29) is 39.7 Å². The highest BCUT2D eigenvalue weighted by Crippen LogP contribution is 2.23. The lowest BCUT2D eigenvalue weighted by Gasteiger charge is -2.17. The van der Waals surface area contributed by atoms with Gasteiger partial charge in [-0.15, -0.1) is 0 Å². The highest BCUT2D eigenvalue weighted by atomic mass is 35.5. The number of anilines is 1. The quantitative estimate of drug-likeness (QED) is 0.179. The van der Waals surface area contributed by atoms with Crippen molar-refractivity contribution < 1.29 is 32.7 Å². The lowest BCUT2D eigenvalue weighted by atomic mass is 10.0. The Morgan fingerprint density at radius 3 is 2.40 bits per heavy atom. The van der Waals surface area contributed by atoms with Crippen LogP contribution in [-0.2, 0) is 11.3 Å². The van der Waals surface area contributed by atoms with Crippen LogP contribution < -0.4 is 16.0 Å². The first-order valence-electron chi connectivity index (χ1n) is 14.1. The molecule has 0 aliphatic carbocycles. The van der Waals surface area contributed by atoms with Crippen molar-refractivity contribution in [1.82, 2.24) is 25.2 Å². The first-order chi connectivity index (χ1) is 22.5. The maximum Gasteiger partial charge on any atom is 0.338 e. The zero-order valence-electron chi connectivity index (χ0n) is 25.2. The number of rotatable bonds is 9. The summed E-state index contributed by atoms with van der Waals surface area (Å²) in [5.74, 6) is -4.67. The Labute approximate surface area is 271 Å². The van der Waals surface area contributed by atoms with Crippen LogP contribution in [0.25, 0.3) is 5.65 Å². The topological polar surface area (TPSA) is 144 Å². The fraction of sp³-hybridized carbons (Fsp3) is 0.152. The number of halogens is 3. The lowest BCUT2D eigenvalue weighted by molar-refractivity contribution is 0.0599. The van der Waals surface area contributed by atoms with Crippen molar-refractivity contribution in [2.45, 2.75) is 26.4 Å². The molecule has 1 atom stereocenters. The van der Waals surface area contributed by atoms with Crippen molar-refractivity contribution in [3.8, 4) is 0 Å². The number of nitrogens with one attached hydrogen (secondary N) is 3. The Morgan fingerprint density at radius 2 is 1.70 bits per heavy atom. The van der Waals surface area contributed by atoms with E-state index < -0.39 is 41.4 Å². The molecule has 5 aromatic rings. The molecule has 0 aliphatic heterocycles. The molecule has 0 unspecified atom stereocenters. The smallest absolute Gasteiger partial charge is 0.338 e. The number of fused-ring (bicyclic) bond motifs is 1. The number of esters is 1. The van der Waals surface area contributed by atoms with E-state index >= 15 is 0 Å². The Hall–Kier alpha value is -5.69. The number of nitrogens with zero attached hydrogens (tertiary/aromatic N) is 3. The predicted molar refractivity (Wildman–Crippen MR) is 168 cm³/mol. The van der Waals surface area contributed by atoms with Crippen LogP contribution in [0.4, 0.5) is 14.5 Å². The maximum atomic E-state index is 13.7. The van der Waals surface area contributed by atoms with Gasteiger partial charge in [0.05, 0.1) is 35.6 Å². The Kier molecular flexibility index (Phi) is 9.56. The van der Waals surface area contributed by atoms with Gasteiger partial charge in [0.25, 0.3) is 17.7 Å². The second-order valence-electron chi connectivity index (χ2n) is 10.4. The summed E-state index contributed by atoms with van der Waals surface area (Å²) in [6, 6.07) is 15.4. The van der Waals surface area contributed by atoms with Crippen LogP contribution in [-0.4, -0.2) is 45.4 Å². The minimum absolute atomic E-state index is 0.0590. The van der Waals surface area contributed by atoms with E-state index in [9.17, 15) is 28.0 Å². The average Bonchev–Trinajstić information content (AvgIpc) is 3.49. The molecule has 3 N–H and O–H groups in total. The first kappa shape index (κ1) is 32.7. The summed E-state index contributed by atoms with van der Waals surface area (Å²) in [7, 11) is 1.28. The van der Waals surface area contributed by atoms with Crippen LogP contribution in [0.1, 0.15) is 71.3 Å². The minimum Gasteiger partial charge on any atom is -0.465 e. The third-order valence-corrected chi connectivity index (χ3v) is 7.57. The first-order valence-corrected chi connectivity index (χ1v) is 14.5. The highest BCUT2D eigenvalue weighted by molar-refractivity contribution is 6.34. The van der Waals surface area contributed by atoms with Crippen molar-refractivity contribution in [3.05, 3.63) is 129 Å². The molecule has 0 saturated heterocycles. The molecule has 0 aliphatic rings. The Morgan fingerprint density at radius 1 is 0.936 bits per heavy atom. The number of benzene rings is 3. The standard InChI is InChI=1S/C33H27ClF2N6O5/c1-17-12-20(9-10-21(17)33(46)47-3)18(2)39-32(45)28-14-27(31(44)37-15-19-8-11-24(35)25(36)13-19)40-29-22(16-38-42(28)29)30(43)41-26-7-5-4-6-23(26)34/h4-14,16,18H,15H2,1-3H3,(H,37,44)(H,39,45)(H,41,43)/t18-/m0/s1. The van der Waals surface area contributed by atoms with Crippen LogP contribution in [0.15, 0.2) is 72.9 Å². The molecule has 2 aromatic heterocycles. The van der Waals surface area contributed by atoms with Crippen LogP contribution >= 0.6 is 11.6 Å². The third-order valence-electron chi connectivity index (χ3n) is 7.24. The zero-order chi connectivity index (χ0) is 33.8. The number of ether oxygens (including phenoxy) is 1. The molecule has 5 rings (SSSR count). The number of aromatic nitrogens is 3. The van der Waals surface area contributed by atoms with Crippen molar-refractivity contribution in [3.63, 3.8) is 0 Å². The van der Waals surface area contributed by atoms with Crippen LogP contribution in [0.3, 0.4) is 0 Å². The molecule has 47 heavy (non-hydrogen) atoms. The number of hydrogen-bond donors (Lipinski definition) is 3. The van der Waals surface area contributed by atoms with Crippen molar-refractivity contribution >= 4 is 46.6 Å². The van der Waals surface area contributed by atoms with Gasteiger partial charge < -0.3 is 20.7 Å². The van der Waals surface area contributed by atoms with Gasteiger partial charge >= 0.3 is 5.97 Å².